The van der Waals surface area contributed by atoms with E-state index in [2.05, 4.69) is 10.0 Å². The predicted molar refractivity (Wildman–Crippen MR) is 120 cm³/mol. The third-order valence-electron chi connectivity index (χ3n) is 4.56. The normalized spacial score (nSPS) is 11.9. The molecule has 11 heteroatoms. The van der Waals surface area contributed by atoms with E-state index in [0.717, 1.165) is 6.07 Å². The highest BCUT2D eigenvalue weighted by Gasteiger charge is 2.20. The van der Waals surface area contributed by atoms with Gasteiger partial charge >= 0.3 is 5.97 Å². The number of halogens is 2. The Balaban J connectivity index is 1.61. The number of amides is 1. The Morgan fingerprint density at radius 2 is 1.62 bits per heavy atom. The van der Waals surface area contributed by atoms with Gasteiger partial charge in [-0.2, -0.15) is 0 Å². The average Bonchev–Trinajstić information content (AvgIpc) is 2.81. The molecule has 1 atom stereocenters. The van der Waals surface area contributed by atoms with Gasteiger partial charge in [-0.3, -0.25) is 9.52 Å². The Hall–Kier alpha value is -3.99. The minimum Gasteiger partial charge on any atom is -0.497 e. The van der Waals surface area contributed by atoms with E-state index >= 15 is 0 Å². The van der Waals surface area contributed by atoms with E-state index in [0.29, 0.717) is 23.6 Å². The molecule has 0 fully saturated rings. The highest BCUT2D eigenvalue weighted by atomic mass is 32.2. The van der Waals surface area contributed by atoms with Crippen LogP contribution in [0.25, 0.3) is 0 Å². The van der Waals surface area contributed by atoms with Crippen LogP contribution >= 0.6 is 0 Å². The summed E-state index contributed by atoms with van der Waals surface area (Å²) in [6.45, 7) is 1.40. The molecule has 0 heterocycles. The van der Waals surface area contributed by atoms with E-state index in [-0.39, 0.29) is 11.3 Å². The number of ether oxygens (including phenoxy) is 2. The van der Waals surface area contributed by atoms with Gasteiger partial charge in [-0.25, -0.2) is 22.0 Å². The zero-order valence-electron chi connectivity index (χ0n) is 18.0. The van der Waals surface area contributed by atoms with Crippen molar-refractivity contribution < 1.29 is 36.3 Å². The molecule has 0 bridgehead atoms. The molecule has 0 aliphatic heterocycles. The summed E-state index contributed by atoms with van der Waals surface area (Å²) in [6, 6.07) is 14.0. The van der Waals surface area contributed by atoms with Crippen molar-refractivity contribution in [3.63, 3.8) is 0 Å². The summed E-state index contributed by atoms with van der Waals surface area (Å²) in [5.74, 6) is -3.29. The van der Waals surface area contributed by atoms with Gasteiger partial charge in [0.15, 0.2) is 17.7 Å². The Morgan fingerprint density at radius 1 is 0.912 bits per heavy atom. The lowest BCUT2D eigenvalue weighted by Gasteiger charge is -2.14. The van der Waals surface area contributed by atoms with Crippen molar-refractivity contribution in [2.45, 2.75) is 17.9 Å². The van der Waals surface area contributed by atoms with Crippen LogP contribution in [0.15, 0.2) is 71.6 Å². The van der Waals surface area contributed by atoms with Crippen molar-refractivity contribution in [1.29, 1.82) is 0 Å². The number of methoxy groups -OCH3 is 1. The topological polar surface area (TPSA) is 111 Å². The first kappa shape index (κ1) is 24.6. The van der Waals surface area contributed by atoms with Gasteiger partial charge in [-0.1, -0.05) is 6.07 Å². The molecule has 2 N–H and O–H groups in total. The quantitative estimate of drug-likeness (QED) is 0.463. The maximum atomic E-state index is 13.4. The van der Waals surface area contributed by atoms with Crippen LogP contribution < -0.4 is 14.8 Å². The van der Waals surface area contributed by atoms with Crippen LogP contribution in [0.2, 0.25) is 0 Å². The van der Waals surface area contributed by atoms with E-state index < -0.39 is 44.5 Å². The first-order chi connectivity index (χ1) is 16.1. The summed E-state index contributed by atoms with van der Waals surface area (Å²) in [5.41, 5.74) is 0.604. The summed E-state index contributed by atoms with van der Waals surface area (Å²) in [5, 5.41) is 2.61. The minimum absolute atomic E-state index is 0.0665. The molecule has 0 aliphatic rings. The summed E-state index contributed by atoms with van der Waals surface area (Å²) >= 11 is 0. The molecule has 0 spiro atoms. The number of benzene rings is 3. The lowest BCUT2D eigenvalue weighted by molar-refractivity contribution is -0.123. The van der Waals surface area contributed by atoms with E-state index in [1.54, 1.807) is 24.3 Å². The van der Waals surface area contributed by atoms with Gasteiger partial charge in [0.05, 0.1) is 17.6 Å². The number of hydrogen-bond donors (Lipinski definition) is 2. The van der Waals surface area contributed by atoms with Crippen LogP contribution in [0.5, 0.6) is 5.75 Å². The van der Waals surface area contributed by atoms with Crippen LogP contribution in [-0.2, 0) is 19.6 Å². The Bertz CT molecular complexity index is 1310. The second-order valence-corrected chi connectivity index (χ2v) is 8.71. The van der Waals surface area contributed by atoms with Crippen molar-refractivity contribution in [3.05, 3.63) is 83.9 Å². The Morgan fingerprint density at radius 3 is 2.26 bits per heavy atom. The molecule has 3 aromatic carbocycles. The maximum Gasteiger partial charge on any atom is 0.338 e. The molecule has 178 valence electrons. The first-order valence-corrected chi connectivity index (χ1v) is 11.3. The monoisotopic (exact) mass is 490 g/mol. The standard InChI is InChI=1S/C23H20F2N2O6S/c1-14(22(28)26-17-4-3-5-18(12-17)32-2)33-23(29)15-6-8-16(9-7-15)27-34(30,31)19-10-11-20(24)21(25)13-19/h3-14,27H,1-2H3,(H,26,28)/t14-/m0/s1. The molecule has 1 amide bonds. The molecule has 8 nitrogen and oxygen atoms in total. The molecular formula is C23H20F2N2O6S. The molecule has 0 radical (unpaired) electrons. The number of esters is 1. The van der Waals surface area contributed by atoms with Crippen molar-refractivity contribution >= 4 is 33.3 Å². The molecular weight excluding hydrogens is 470 g/mol. The number of carbonyl (C=O) groups excluding carboxylic acids is 2. The maximum absolute atomic E-state index is 13.4. The average molecular weight is 490 g/mol. The van der Waals surface area contributed by atoms with Crippen molar-refractivity contribution in [3.8, 4) is 5.75 Å². The van der Waals surface area contributed by atoms with Gasteiger partial charge in [0.1, 0.15) is 5.75 Å². The molecule has 3 rings (SSSR count). The number of rotatable bonds is 8. The SMILES string of the molecule is COc1cccc(NC(=O)[C@H](C)OC(=O)c2ccc(NS(=O)(=O)c3ccc(F)c(F)c3)cc2)c1. The number of hydrogen-bond acceptors (Lipinski definition) is 6. The summed E-state index contributed by atoms with van der Waals surface area (Å²) in [4.78, 5) is 24.2. The van der Waals surface area contributed by atoms with Gasteiger partial charge in [-0.15, -0.1) is 0 Å². The fourth-order valence-electron chi connectivity index (χ4n) is 2.76. The number of carbonyl (C=O) groups is 2. The summed E-state index contributed by atoms with van der Waals surface area (Å²) < 4.78 is 63.6. The van der Waals surface area contributed by atoms with Crippen molar-refractivity contribution in [1.82, 2.24) is 0 Å². The number of nitrogens with one attached hydrogen (secondary N) is 2. The summed E-state index contributed by atoms with van der Waals surface area (Å²) in [7, 11) is -2.70. The molecule has 0 unspecified atom stereocenters. The second kappa shape index (κ2) is 10.3. The lowest BCUT2D eigenvalue weighted by Crippen LogP contribution is -2.30. The Labute approximate surface area is 194 Å². The first-order valence-electron chi connectivity index (χ1n) is 9.83. The van der Waals surface area contributed by atoms with E-state index in [4.69, 9.17) is 9.47 Å². The fourth-order valence-corrected chi connectivity index (χ4v) is 3.83. The second-order valence-electron chi connectivity index (χ2n) is 7.03. The number of sulfonamides is 1. The van der Waals surface area contributed by atoms with Crippen molar-refractivity contribution in [2.24, 2.45) is 0 Å². The van der Waals surface area contributed by atoms with Gasteiger partial charge in [-0.05, 0) is 61.5 Å². The molecule has 0 aromatic heterocycles. The third-order valence-corrected chi connectivity index (χ3v) is 5.94. The van der Waals surface area contributed by atoms with Crippen LogP contribution in [0, 0.1) is 11.6 Å². The smallest absolute Gasteiger partial charge is 0.338 e. The zero-order chi connectivity index (χ0) is 24.9. The third kappa shape index (κ3) is 6.07. The minimum atomic E-state index is -4.19. The largest absolute Gasteiger partial charge is 0.497 e. The van der Waals surface area contributed by atoms with Crippen molar-refractivity contribution in [2.75, 3.05) is 17.1 Å². The predicted octanol–water partition coefficient (Wildman–Crippen LogP) is 3.96. The van der Waals surface area contributed by atoms with Gasteiger partial charge in [0.25, 0.3) is 15.9 Å². The fraction of sp³-hybridized carbons (Fsp3) is 0.130. The van der Waals surface area contributed by atoms with E-state index in [1.165, 1.54) is 38.3 Å². The van der Waals surface area contributed by atoms with Crippen LogP contribution in [0.4, 0.5) is 20.2 Å². The van der Waals surface area contributed by atoms with Crippen LogP contribution in [-0.4, -0.2) is 33.5 Å². The van der Waals surface area contributed by atoms with Gasteiger partial charge in [0, 0.05) is 17.4 Å². The van der Waals surface area contributed by atoms with E-state index in [1.807, 2.05) is 0 Å². The molecule has 0 saturated carbocycles. The van der Waals surface area contributed by atoms with Crippen LogP contribution in [0.1, 0.15) is 17.3 Å². The van der Waals surface area contributed by atoms with Gasteiger partial charge in [0.2, 0.25) is 0 Å². The molecule has 34 heavy (non-hydrogen) atoms. The molecule has 3 aromatic rings. The molecule has 0 saturated heterocycles. The summed E-state index contributed by atoms with van der Waals surface area (Å²) in [6.07, 6.45) is -1.12. The van der Waals surface area contributed by atoms with Crippen LogP contribution in [0.3, 0.4) is 0 Å². The Kier molecular flexibility index (Phi) is 7.47. The number of anilines is 2. The lowest BCUT2D eigenvalue weighted by atomic mass is 10.2. The highest BCUT2D eigenvalue weighted by Crippen LogP contribution is 2.20. The highest BCUT2D eigenvalue weighted by molar-refractivity contribution is 7.92. The molecule has 0 aliphatic carbocycles. The van der Waals surface area contributed by atoms with Gasteiger partial charge < -0.3 is 14.8 Å². The van der Waals surface area contributed by atoms with E-state index in [9.17, 15) is 26.8 Å². The zero-order valence-corrected chi connectivity index (χ0v) is 18.9.